The van der Waals surface area contributed by atoms with Crippen LogP contribution >= 0.6 is 0 Å². The zero-order valence-corrected chi connectivity index (χ0v) is 10.6. The Hall–Kier alpha value is -1.44. The van der Waals surface area contributed by atoms with Crippen molar-refractivity contribution in [3.05, 3.63) is 35.6 Å². The van der Waals surface area contributed by atoms with Gasteiger partial charge in [0.1, 0.15) is 11.9 Å². The average Bonchev–Trinajstić information content (AvgIpc) is 2.28. The van der Waals surface area contributed by atoms with E-state index in [1.54, 1.807) is 12.1 Å². The third-order valence-corrected chi connectivity index (χ3v) is 3.10. The maximum atomic E-state index is 13.2. The van der Waals surface area contributed by atoms with Gasteiger partial charge in [0.2, 0.25) is 0 Å². The Kier molecular flexibility index (Phi) is 3.95. The van der Waals surface area contributed by atoms with Gasteiger partial charge < -0.3 is 4.74 Å². The van der Waals surface area contributed by atoms with Crippen LogP contribution in [0.5, 0.6) is 0 Å². The molecule has 1 fully saturated rings. The first-order chi connectivity index (χ1) is 8.60. The summed E-state index contributed by atoms with van der Waals surface area (Å²) in [5, 5.41) is 9.34. The van der Waals surface area contributed by atoms with Gasteiger partial charge in [-0.1, -0.05) is 12.1 Å². The molecule has 1 aliphatic rings. The molecule has 3 nitrogen and oxygen atoms in total. The highest BCUT2D eigenvalue weighted by Crippen LogP contribution is 2.24. The van der Waals surface area contributed by atoms with Crippen LogP contribution in [0.2, 0.25) is 0 Å². The standard InChI is InChI=1S/C14H17FN2O/c1-10-8-17(9-11(2)18-10)14(7-16)12-4-3-5-13(15)6-12/h3-6,10-11,14H,8-9H2,1-2H3. The third kappa shape index (κ3) is 2.87. The van der Waals surface area contributed by atoms with E-state index in [9.17, 15) is 9.65 Å². The fourth-order valence-corrected chi connectivity index (χ4v) is 2.47. The zero-order chi connectivity index (χ0) is 13.1. The van der Waals surface area contributed by atoms with E-state index >= 15 is 0 Å². The van der Waals surface area contributed by atoms with Crippen molar-refractivity contribution < 1.29 is 9.13 Å². The lowest BCUT2D eigenvalue weighted by atomic mass is 10.0. The van der Waals surface area contributed by atoms with Crippen LogP contribution in [0.15, 0.2) is 24.3 Å². The minimum Gasteiger partial charge on any atom is -0.373 e. The summed E-state index contributed by atoms with van der Waals surface area (Å²) < 4.78 is 18.9. The molecule has 0 saturated carbocycles. The number of hydrogen-bond acceptors (Lipinski definition) is 3. The molecule has 0 radical (unpaired) electrons. The Bertz CT molecular complexity index is 447. The van der Waals surface area contributed by atoms with Crippen LogP contribution < -0.4 is 0 Å². The van der Waals surface area contributed by atoms with Crippen LogP contribution in [-0.2, 0) is 4.74 Å². The second-order valence-electron chi connectivity index (χ2n) is 4.80. The number of halogens is 1. The van der Waals surface area contributed by atoms with Gasteiger partial charge in [-0.2, -0.15) is 5.26 Å². The molecule has 2 rings (SSSR count). The lowest BCUT2D eigenvalue weighted by Gasteiger charge is -2.37. The molecule has 0 spiro atoms. The average molecular weight is 248 g/mol. The van der Waals surface area contributed by atoms with Crippen LogP contribution in [0.4, 0.5) is 4.39 Å². The summed E-state index contributed by atoms with van der Waals surface area (Å²) >= 11 is 0. The van der Waals surface area contributed by atoms with Crippen molar-refractivity contribution in [3.63, 3.8) is 0 Å². The van der Waals surface area contributed by atoms with E-state index in [2.05, 4.69) is 6.07 Å². The molecule has 1 aromatic rings. The summed E-state index contributed by atoms with van der Waals surface area (Å²) in [7, 11) is 0. The monoisotopic (exact) mass is 248 g/mol. The van der Waals surface area contributed by atoms with Gasteiger partial charge in [-0.25, -0.2) is 4.39 Å². The highest BCUT2D eigenvalue weighted by atomic mass is 19.1. The van der Waals surface area contributed by atoms with E-state index in [0.717, 1.165) is 0 Å². The molecule has 0 bridgehead atoms. The molecule has 3 atom stereocenters. The summed E-state index contributed by atoms with van der Waals surface area (Å²) in [5.74, 6) is -0.304. The van der Waals surface area contributed by atoms with Gasteiger partial charge in [-0.15, -0.1) is 0 Å². The zero-order valence-electron chi connectivity index (χ0n) is 10.6. The van der Waals surface area contributed by atoms with Crippen molar-refractivity contribution in [2.45, 2.75) is 32.1 Å². The predicted molar refractivity (Wildman–Crippen MR) is 66.3 cm³/mol. The molecule has 1 aromatic carbocycles. The van der Waals surface area contributed by atoms with Crippen molar-refractivity contribution in [1.29, 1.82) is 5.26 Å². The Morgan fingerprint density at radius 3 is 2.61 bits per heavy atom. The summed E-state index contributed by atoms with van der Waals surface area (Å²) in [5.41, 5.74) is 0.707. The highest BCUT2D eigenvalue weighted by Gasteiger charge is 2.28. The van der Waals surface area contributed by atoms with Gasteiger partial charge in [0, 0.05) is 13.1 Å². The molecule has 1 aliphatic heterocycles. The molecule has 96 valence electrons. The lowest BCUT2D eigenvalue weighted by Crippen LogP contribution is -2.46. The fraction of sp³-hybridized carbons (Fsp3) is 0.500. The molecule has 18 heavy (non-hydrogen) atoms. The molecular formula is C14H17FN2O. The van der Waals surface area contributed by atoms with Crippen LogP contribution in [0.25, 0.3) is 0 Å². The number of nitriles is 1. The quantitative estimate of drug-likeness (QED) is 0.806. The number of hydrogen-bond donors (Lipinski definition) is 0. The summed E-state index contributed by atoms with van der Waals surface area (Å²) in [6.07, 6.45) is 0.191. The molecule has 4 heteroatoms. The van der Waals surface area contributed by atoms with Gasteiger partial charge in [0.15, 0.2) is 0 Å². The maximum absolute atomic E-state index is 13.2. The van der Waals surface area contributed by atoms with Crippen molar-refractivity contribution in [1.82, 2.24) is 4.90 Å². The van der Waals surface area contributed by atoms with Gasteiger partial charge in [-0.3, -0.25) is 4.90 Å². The molecular weight excluding hydrogens is 231 g/mol. The minimum atomic E-state index is -0.408. The molecule has 1 saturated heterocycles. The second kappa shape index (κ2) is 5.47. The van der Waals surface area contributed by atoms with Crippen molar-refractivity contribution in [2.75, 3.05) is 13.1 Å². The first-order valence-corrected chi connectivity index (χ1v) is 6.14. The van der Waals surface area contributed by atoms with E-state index in [0.29, 0.717) is 18.7 Å². The molecule has 0 N–H and O–H groups in total. The Balaban J connectivity index is 2.21. The molecule has 0 aromatic heterocycles. The number of rotatable bonds is 2. The number of nitrogens with zero attached hydrogens (tertiary/aromatic N) is 2. The van der Waals surface area contributed by atoms with Gasteiger partial charge in [0.25, 0.3) is 0 Å². The summed E-state index contributed by atoms with van der Waals surface area (Å²) in [4.78, 5) is 2.05. The third-order valence-electron chi connectivity index (χ3n) is 3.10. The van der Waals surface area contributed by atoms with Crippen LogP contribution in [0.1, 0.15) is 25.5 Å². The van der Waals surface area contributed by atoms with Crippen molar-refractivity contribution in [3.8, 4) is 6.07 Å². The molecule has 0 aliphatic carbocycles. The minimum absolute atomic E-state index is 0.0955. The number of ether oxygens (including phenoxy) is 1. The SMILES string of the molecule is CC1CN(C(C#N)c2cccc(F)c2)CC(C)O1. The predicted octanol–water partition coefficient (Wildman–Crippen LogP) is 2.50. The first-order valence-electron chi connectivity index (χ1n) is 6.14. The normalized spacial score (nSPS) is 26.6. The van der Waals surface area contributed by atoms with Gasteiger partial charge in [-0.05, 0) is 31.5 Å². The van der Waals surface area contributed by atoms with Crippen LogP contribution in [0, 0.1) is 17.1 Å². The van der Waals surface area contributed by atoms with Crippen molar-refractivity contribution >= 4 is 0 Å². The fourth-order valence-electron chi connectivity index (χ4n) is 2.47. The van der Waals surface area contributed by atoms with E-state index in [1.165, 1.54) is 12.1 Å². The first kappa shape index (κ1) is 13.0. The topological polar surface area (TPSA) is 36.3 Å². The van der Waals surface area contributed by atoms with Crippen LogP contribution in [-0.4, -0.2) is 30.2 Å². The summed E-state index contributed by atoms with van der Waals surface area (Å²) in [6, 6.07) is 8.11. The Labute approximate surface area is 107 Å². The smallest absolute Gasteiger partial charge is 0.124 e. The van der Waals surface area contributed by atoms with E-state index in [4.69, 9.17) is 4.74 Å². The number of benzene rings is 1. The van der Waals surface area contributed by atoms with E-state index in [-0.39, 0.29) is 18.0 Å². The number of morpholine rings is 1. The van der Waals surface area contributed by atoms with Gasteiger partial charge >= 0.3 is 0 Å². The maximum Gasteiger partial charge on any atom is 0.124 e. The van der Waals surface area contributed by atoms with Crippen LogP contribution in [0.3, 0.4) is 0 Å². The molecule has 0 amide bonds. The second-order valence-corrected chi connectivity index (χ2v) is 4.80. The largest absolute Gasteiger partial charge is 0.373 e. The van der Waals surface area contributed by atoms with E-state index < -0.39 is 6.04 Å². The molecule has 3 unspecified atom stereocenters. The Morgan fingerprint density at radius 1 is 1.39 bits per heavy atom. The van der Waals surface area contributed by atoms with Gasteiger partial charge in [0.05, 0.1) is 18.3 Å². The highest BCUT2D eigenvalue weighted by molar-refractivity contribution is 5.25. The molecule has 1 heterocycles. The summed E-state index contributed by atoms with van der Waals surface area (Å²) in [6.45, 7) is 5.36. The Morgan fingerprint density at radius 2 is 2.06 bits per heavy atom. The van der Waals surface area contributed by atoms with E-state index in [1.807, 2.05) is 18.7 Å². The lowest BCUT2D eigenvalue weighted by molar-refractivity contribution is -0.0750. The van der Waals surface area contributed by atoms with Crippen molar-refractivity contribution in [2.24, 2.45) is 0 Å².